The second-order valence-electron chi connectivity index (χ2n) is 3.58. The smallest absolute Gasteiger partial charge is 0.0146 e. The molecule has 1 heterocycles. The Balaban J connectivity index is 2.53. The van der Waals surface area contributed by atoms with Crippen molar-refractivity contribution in [1.29, 1.82) is 0 Å². The predicted octanol–water partition coefficient (Wildman–Crippen LogP) is 4.27. The van der Waals surface area contributed by atoms with E-state index in [1.165, 1.54) is 22.6 Å². The first-order valence-electron chi connectivity index (χ1n) is 4.85. The van der Waals surface area contributed by atoms with E-state index in [0.29, 0.717) is 4.83 Å². The van der Waals surface area contributed by atoms with Crippen LogP contribution in [0, 0.1) is 5.92 Å². The van der Waals surface area contributed by atoms with Gasteiger partial charge in [0.1, 0.15) is 0 Å². The molecular formula is C11H17BrS. The maximum atomic E-state index is 3.63. The van der Waals surface area contributed by atoms with Crippen LogP contribution >= 0.6 is 27.3 Å². The molecule has 0 bridgehead atoms. The van der Waals surface area contributed by atoms with Gasteiger partial charge in [0, 0.05) is 14.6 Å². The number of aryl methyl sites for hydroxylation is 1. The van der Waals surface area contributed by atoms with Crippen molar-refractivity contribution in [2.75, 3.05) is 0 Å². The highest BCUT2D eigenvalue weighted by atomic mass is 79.9. The second-order valence-corrected chi connectivity index (χ2v) is 6.28. The molecule has 2 heteroatoms. The van der Waals surface area contributed by atoms with Crippen molar-refractivity contribution in [1.82, 2.24) is 0 Å². The van der Waals surface area contributed by atoms with Gasteiger partial charge >= 0.3 is 0 Å². The van der Waals surface area contributed by atoms with Crippen molar-refractivity contribution in [3.8, 4) is 0 Å². The molecule has 0 radical (unpaired) electrons. The molecule has 2 atom stereocenters. The van der Waals surface area contributed by atoms with Crippen molar-refractivity contribution in [2.24, 2.45) is 5.92 Å². The molecular weight excluding hydrogens is 244 g/mol. The fraction of sp³-hybridized carbons (Fsp3) is 0.636. The zero-order valence-electron chi connectivity index (χ0n) is 8.51. The maximum Gasteiger partial charge on any atom is 0.0146 e. The van der Waals surface area contributed by atoms with Crippen molar-refractivity contribution in [3.05, 3.63) is 21.9 Å². The Morgan fingerprint density at radius 3 is 2.38 bits per heavy atom. The van der Waals surface area contributed by atoms with Gasteiger partial charge in [-0.15, -0.1) is 11.3 Å². The molecule has 1 aromatic heterocycles. The molecule has 0 N–H and O–H groups in total. The van der Waals surface area contributed by atoms with Crippen LogP contribution in [0.25, 0.3) is 0 Å². The van der Waals surface area contributed by atoms with E-state index in [2.05, 4.69) is 48.8 Å². The molecule has 13 heavy (non-hydrogen) atoms. The summed E-state index contributed by atoms with van der Waals surface area (Å²) in [4.78, 5) is 3.64. The lowest BCUT2D eigenvalue weighted by atomic mass is 10.0. The van der Waals surface area contributed by atoms with E-state index in [1.807, 2.05) is 11.3 Å². The first-order valence-corrected chi connectivity index (χ1v) is 6.58. The van der Waals surface area contributed by atoms with Gasteiger partial charge in [0.05, 0.1) is 0 Å². The van der Waals surface area contributed by atoms with Crippen molar-refractivity contribution < 1.29 is 0 Å². The Hall–Kier alpha value is 0.180. The second kappa shape index (κ2) is 5.16. The maximum absolute atomic E-state index is 3.63. The van der Waals surface area contributed by atoms with Crippen LogP contribution in [0.15, 0.2) is 12.1 Å². The standard InChI is InChI=1S/C11H17BrS/c1-4-10-5-6-11(13-10)7-8(2)9(3)12/h5-6,8-9H,4,7H2,1-3H3. The van der Waals surface area contributed by atoms with Crippen LogP contribution in [0.4, 0.5) is 0 Å². The number of thiophene rings is 1. The molecule has 1 rings (SSSR count). The number of hydrogen-bond acceptors (Lipinski definition) is 1. The van der Waals surface area contributed by atoms with Gasteiger partial charge in [-0.1, -0.05) is 36.7 Å². The SMILES string of the molecule is CCc1ccc(CC(C)C(C)Br)s1. The van der Waals surface area contributed by atoms with Crippen LogP contribution in [-0.4, -0.2) is 4.83 Å². The van der Waals surface area contributed by atoms with Crippen LogP contribution < -0.4 is 0 Å². The summed E-state index contributed by atoms with van der Waals surface area (Å²) in [6.45, 7) is 6.73. The van der Waals surface area contributed by atoms with E-state index in [4.69, 9.17) is 0 Å². The fourth-order valence-electron chi connectivity index (χ4n) is 1.20. The lowest BCUT2D eigenvalue weighted by molar-refractivity contribution is 0.586. The highest BCUT2D eigenvalue weighted by Crippen LogP contribution is 2.23. The highest BCUT2D eigenvalue weighted by molar-refractivity contribution is 9.09. The van der Waals surface area contributed by atoms with E-state index >= 15 is 0 Å². The summed E-state index contributed by atoms with van der Waals surface area (Å²) < 4.78 is 0. The summed E-state index contributed by atoms with van der Waals surface area (Å²) in [5.74, 6) is 0.725. The van der Waals surface area contributed by atoms with Gasteiger partial charge < -0.3 is 0 Å². The Morgan fingerprint density at radius 2 is 1.92 bits per heavy atom. The summed E-state index contributed by atoms with van der Waals surface area (Å²) in [7, 11) is 0. The van der Waals surface area contributed by atoms with E-state index in [-0.39, 0.29) is 0 Å². The molecule has 0 nitrogen and oxygen atoms in total. The van der Waals surface area contributed by atoms with Gasteiger partial charge in [-0.2, -0.15) is 0 Å². The predicted molar refractivity (Wildman–Crippen MR) is 65.0 cm³/mol. The number of alkyl halides is 1. The quantitative estimate of drug-likeness (QED) is 0.710. The number of halogens is 1. The van der Waals surface area contributed by atoms with Crippen molar-refractivity contribution >= 4 is 27.3 Å². The molecule has 74 valence electrons. The topological polar surface area (TPSA) is 0 Å². The molecule has 0 saturated heterocycles. The van der Waals surface area contributed by atoms with Gasteiger partial charge in [0.2, 0.25) is 0 Å². The third kappa shape index (κ3) is 3.43. The van der Waals surface area contributed by atoms with Crippen molar-refractivity contribution in [2.45, 2.75) is 38.4 Å². The number of rotatable bonds is 4. The first kappa shape index (κ1) is 11.3. The van der Waals surface area contributed by atoms with E-state index in [9.17, 15) is 0 Å². The van der Waals surface area contributed by atoms with E-state index in [1.54, 1.807) is 0 Å². The summed E-state index contributed by atoms with van der Waals surface area (Å²) >= 11 is 5.58. The van der Waals surface area contributed by atoms with Crippen LogP contribution in [-0.2, 0) is 12.8 Å². The van der Waals surface area contributed by atoms with Gasteiger partial charge in [-0.05, 0) is 30.9 Å². The van der Waals surface area contributed by atoms with Crippen LogP contribution in [0.1, 0.15) is 30.5 Å². The molecule has 1 aromatic rings. The summed E-state index contributed by atoms with van der Waals surface area (Å²) in [5, 5.41) is 0. The Kier molecular flexibility index (Phi) is 4.47. The minimum Gasteiger partial charge on any atom is -0.145 e. The van der Waals surface area contributed by atoms with Gasteiger partial charge in [-0.25, -0.2) is 0 Å². The molecule has 0 aliphatic carbocycles. The molecule has 0 aromatic carbocycles. The average molecular weight is 261 g/mol. The molecule has 0 spiro atoms. The zero-order valence-corrected chi connectivity index (χ0v) is 10.9. The summed E-state index contributed by atoms with van der Waals surface area (Å²) in [6, 6.07) is 4.53. The average Bonchev–Trinajstić information content (AvgIpc) is 2.52. The molecule has 0 aliphatic heterocycles. The van der Waals surface area contributed by atoms with Crippen molar-refractivity contribution in [3.63, 3.8) is 0 Å². The zero-order chi connectivity index (χ0) is 9.84. The monoisotopic (exact) mass is 260 g/mol. The fourth-order valence-corrected chi connectivity index (χ4v) is 2.49. The van der Waals surface area contributed by atoms with Gasteiger partial charge in [-0.3, -0.25) is 0 Å². The third-order valence-corrected chi connectivity index (χ3v) is 4.53. The Morgan fingerprint density at radius 1 is 1.31 bits per heavy atom. The van der Waals surface area contributed by atoms with Crippen LogP contribution in [0.5, 0.6) is 0 Å². The third-order valence-electron chi connectivity index (χ3n) is 2.37. The molecule has 0 saturated carbocycles. The van der Waals surface area contributed by atoms with E-state index in [0.717, 1.165) is 5.92 Å². The lowest BCUT2D eigenvalue weighted by Gasteiger charge is -2.11. The van der Waals surface area contributed by atoms with Gasteiger partial charge in [0.25, 0.3) is 0 Å². The largest absolute Gasteiger partial charge is 0.145 e. The minimum atomic E-state index is 0.611. The van der Waals surface area contributed by atoms with E-state index < -0.39 is 0 Å². The Bertz CT molecular complexity index is 252. The molecule has 0 amide bonds. The first-order chi connectivity index (χ1) is 6.13. The molecule has 2 unspecified atom stereocenters. The van der Waals surface area contributed by atoms with Crippen LogP contribution in [0.3, 0.4) is 0 Å². The summed E-state index contributed by atoms with van der Waals surface area (Å²) in [5.41, 5.74) is 0. The highest BCUT2D eigenvalue weighted by Gasteiger charge is 2.10. The summed E-state index contributed by atoms with van der Waals surface area (Å²) in [6.07, 6.45) is 2.37. The van der Waals surface area contributed by atoms with Gasteiger partial charge in [0.15, 0.2) is 0 Å². The number of hydrogen-bond donors (Lipinski definition) is 0. The molecule has 0 fully saturated rings. The lowest BCUT2D eigenvalue weighted by Crippen LogP contribution is -2.08. The molecule has 0 aliphatic rings. The Labute approximate surface area is 93.5 Å². The normalized spacial score (nSPS) is 15.7. The minimum absolute atomic E-state index is 0.611. The van der Waals surface area contributed by atoms with Crippen LogP contribution in [0.2, 0.25) is 0 Å².